The average Bonchev–Trinajstić information content (AvgIpc) is 3.36. The zero-order valence-corrected chi connectivity index (χ0v) is 20.9. The van der Waals surface area contributed by atoms with Gasteiger partial charge in [0.15, 0.2) is 0 Å². The second kappa shape index (κ2) is 16.6. The maximum absolute atomic E-state index is 13.2. The highest BCUT2D eigenvalue weighted by atomic mass is 16.4. The highest BCUT2D eigenvalue weighted by Crippen LogP contribution is 2.07. The Hall–Kier alpha value is -4.05. The number of hydrogen-bond acceptors (Lipinski definition) is 9. The van der Waals surface area contributed by atoms with Crippen LogP contribution in [-0.2, 0) is 35.2 Å². The van der Waals surface area contributed by atoms with E-state index in [0.29, 0.717) is 25.1 Å². The van der Waals surface area contributed by atoms with Gasteiger partial charge in [-0.2, -0.15) is 0 Å². The Bertz CT molecular complexity index is 955. The molecule has 212 valence electrons. The van der Waals surface area contributed by atoms with E-state index in [1.54, 1.807) is 0 Å². The number of carboxylic acids is 2. The van der Waals surface area contributed by atoms with Gasteiger partial charge in [-0.1, -0.05) is 0 Å². The van der Waals surface area contributed by atoms with Gasteiger partial charge in [0, 0.05) is 31.2 Å². The third-order valence-electron chi connectivity index (χ3n) is 5.49. The predicted octanol–water partition coefficient (Wildman–Crippen LogP) is -2.92. The van der Waals surface area contributed by atoms with Crippen molar-refractivity contribution in [2.45, 2.75) is 75.5 Å². The van der Waals surface area contributed by atoms with Gasteiger partial charge in [0.1, 0.15) is 18.1 Å². The van der Waals surface area contributed by atoms with Crippen LogP contribution in [0.25, 0.3) is 0 Å². The highest BCUT2D eigenvalue weighted by molar-refractivity contribution is 5.94. The van der Waals surface area contributed by atoms with E-state index in [1.807, 2.05) is 0 Å². The summed E-state index contributed by atoms with van der Waals surface area (Å²) in [4.78, 5) is 78.7. The lowest BCUT2D eigenvalue weighted by Crippen LogP contribution is -2.57. The largest absolute Gasteiger partial charge is 0.481 e. The SMILES string of the molecule is NCCCCC(NC(=O)C(Cc1cnc[nH]1)NC(=O)C(N)CCC(N)=O)C(=O)NC(CCC(=O)O)C(=O)O. The molecule has 1 aromatic heterocycles. The first kappa shape index (κ1) is 32.0. The van der Waals surface area contributed by atoms with Crippen molar-refractivity contribution in [1.29, 1.82) is 0 Å². The summed E-state index contributed by atoms with van der Waals surface area (Å²) < 4.78 is 0. The third kappa shape index (κ3) is 12.3. The van der Waals surface area contributed by atoms with Gasteiger partial charge < -0.3 is 48.3 Å². The van der Waals surface area contributed by atoms with Gasteiger partial charge in [-0.15, -0.1) is 0 Å². The van der Waals surface area contributed by atoms with E-state index >= 15 is 0 Å². The maximum atomic E-state index is 13.2. The molecule has 12 N–H and O–H groups in total. The number of primary amides is 1. The molecule has 0 bridgehead atoms. The summed E-state index contributed by atoms with van der Waals surface area (Å²) in [6, 6.07) is -5.04. The minimum Gasteiger partial charge on any atom is -0.481 e. The maximum Gasteiger partial charge on any atom is 0.326 e. The summed E-state index contributed by atoms with van der Waals surface area (Å²) in [6.07, 6.45) is 2.76. The molecule has 0 fully saturated rings. The average molecular weight is 541 g/mol. The Morgan fingerprint density at radius 1 is 0.868 bits per heavy atom. The molecule has 1 rings (SSSR count). The molecule has 0 spiro atoms. The number of imidazole rings is 1. The highest BCUT2D eigenvalue weighted by Gasteiger charge is 2.30. The molecular formula is C22H36N8O8. The fourth-order valence-corrected chi connectivity index (χ4v) is 3.36. The first-order valence-electron chi connectivity index (χ1n) is 12.0. The molecule has 4 unspecified atom stereocenters. The number of aromatic nitrogens is 2. The Kier molecular flexibility index (Phi) is 14.0. The van der Waals surface area contributed by atoms with Crippen LogP contribution in [0.2, 0.25) is 0 Å². The number of nitrogens with zero attached hydrogens (tertiary/aromatic N) is 1. The van der Waals surface area contributed by atoms with Gasteiger partial charge in [0.05, 0.1) is 12.4 Å². The second-order valence-corrected chi connectivity index (χ2v) is 8.63. The fraction of sp³-hybridized carbons (Fsp3) is 0.591. The molecule has 4 amide bonds. The number of hydrogen-bond donors (Lipinski definition) is 9. The van der Waals surface area contributed by atoms with Crippen molar-refractivity contribution in [2.24, 2.45) is 17.2 Å². The first-order chi connectivity index (χ1) is 17.9. The van der Waals surface area contributed by atoms with E-state index < -0.39 is 66.2 Å². The van der Waals surface area contributed by atoms with Crippen molar-refractivity contribution < 1.29 is 39.0 Å². The molecule has 0 saturated heterocycles. The molecule has 0 aliphatic carbocycles. The van der Waals surface area contributed by atoms with Crippen molar-refractivity contribution in [3.63, 3.8) is 0 Å². The Balaban J connectivity index is 3.04. The number of unbranched alkanes of at least 4 members (excludes halogenated alkanes) is 1. The van der Waals surface area contributed by atoms with Crippen molar-refractivity contribution in [3.8, 4) is 0 Å². The van der Waals surface area contributed by atoms with Crippen molar-refractivity contribution >= 4 is 35.6 Å². The number of carbonyl (C=O) groups excluding carboxylic acids is 4. The molecule has 16 nitrogen and oxygen atoms in total. The molecule has 0 radical (unpaired) electrons. The lowest BCUT2D eigenvalue weighted by Gasteiger charge is -2.25. The molecule has 0 aliphatic heterocycles. The molecule has 4 atom stereocenters. The summed E-state index contributed by atoms with van der Waals surface area (Å²) >= 11 is 0. The van der Waals surface area contributed by atoms with Crippen LogP contribution in [0.4, 0.5) is 0 Å². The minimum atomic E-state index is -1.49. The van der Waals surface area contributed by atoms with E-state index in [9.17, 15) is 33.9 Å². The van der Waals surface area contributed by atoms with Crippen LogP contribution >= 0.6 is 0 Å². The number of carbonyl (C=O) groups is 6. The molecule has 1 heterocycles. The topological polar surface area (TPSA) is 286 Å². The summed E-state index contributed by atoms with van der Waals surface area (Å²) in [6.45, 7) is 0.320. The van der Waals surface area contributed by atoms with Crippen LogP contribution in [0, 0.1) is 0 Å². The van der Waals surface area contributed by atoms with Crippen LogP contribution in [0.15, 0.2) is 12.5 Å². The molecular weight excluding hydrogens is 504 g/mol. The predicted molar refractivity (Wildman–Crippen MR) is 132 cm³/mol. The van der Waals surface area contributed by atoms with Crippen LogP contribution in [0.1, 0.15) is 50.6 Å². The zero-order chi connectivity index (χ0) is 28.7. The number of nitrogens with one attached hydrogen (secondary N) is 4. The molecule has 1 aromatic rings. The van der Waals surface area contributed by atoms with Gasteiger partial charge in [-0.25, -0.2) is 9.78 Å². The molecule has 0 aliphatic rings. The number of H-pyrrole nitrogens is 1. The van der Waals surface area contributed by atoms with E-state index in [4.69, 9.17) is 22.3 Å². The lowest BCUT2D eigenvalue weighted by molar-refractivity contribution is -0.143. The van der Waals surface area contributed by atoms with Crippen molar-refractivity contribution in [2.75, 3.05) is 6.54 Å². The van der Waals surface area contributed by atoms with Gasteiger partial charge in [0.25, 0.3) is 0 Å². The fourth-order valence-electron chi connectivity index (χ4n) is 3.36. The van der Waals surface area contributed by atoms with Crippen molar-refractivity contribution in [1.82, 2.24) is 25.9 Å². The van der Waals surface area contributed by atoms with Gasteiger partial charge in [-0.05, 0) is 38.6 Å². The van der Waals surface area contributed by atoms with Crippen LogP contribution in [0.5, 0.6) is 0 Å². The second-order valence-electron chi connectivity index (χ2n) is 8.63. The Morgan fingerprint density at radius 3 is 2.05 bits per heavy atom. The lowest BCUT2D eigenvalue weighted by atomic mass is 10.0. The smallest absolute Gasteiger partial charge is 0.326 e. The monoisotopic (exact) mass is 540 g/mol. The van der Waals surface area contributed by atoms with Gasteiger partial charge in [-0.3, -0.25) is 24.0 Å². The summed E-state index contributed by atoms with van der Waals surface area (Å²) in [5.41, 5.74) is 16.9. The minimum absolute atomic E-state index is 0.0450. The number of rotatable bonds is 19. The van der Waals surface area contributed by atoms with E-state index in [1.165, 1.54) is 12.5 Å². The molecule has 0 saturated carbocycles. The number of aromatic amines is 1. The van der Waals surface area contributed by atoms with Crippen LogP contribution in [-0.4, -0.2) is 86.5 Å². The zero-order valence-electron chi connectivity index (χ0n) is 20.9. The molecule has 38 heavy (non-hydrogen) atoms. The number of aliphatic carboxylic acids is 2. The Labute approximate surface area is 218 Å². The van der Waals surface area contributed by atoms with E-state index in [0.717, 1.165) is 0 Å². The van der Waals surface area contributed by atoms with Crippen LogP contribution in [0.3, 0.4) is 0 Å². The van der Waals surface area contributed by atoms with Crippen molar-refractivity contribution in [3.05, 3.63) is 18.2 Å². The number of carboxylic acid groups (broad SMARTS) is 2. The summed E-state index contributed by atoms with van der Waals surface area (Å²) in [5.74, 6) is -5.63. The third-order valence-corrected chi connectivity index (χ3v) is 5.49. The summed E-state index contributed by atoms with van der Waals surface area (Å²) in [7, 11) is 0. The first-order valence-corrected chi connectivity index (χ1v) is 12.0. The van der Waals surface area contributed by atoms with Gasteiger partial charge >= 0.3 is 11.9 Å². The van der Waals surface area contributed by atoms with E-state index in [2.05, 4.69) is 25.9 Å². The van der Waals surface area contributed by atoms with E-state index in [-0.39, 0.29) is 32.1 Å². The Morgan fingerprint density at radius 2 is 1.50 bits per heavy atom. The van der Waals surface area contributed by atoms with Crippen LogP contribution < -0.4 is 33.2 Å². The number of nitrogens with two attached hydrogens (primary N) is 3. The standard InChI is InChI=1S/C22H36N8O8/c23-8-2-1-3-14(20(35)29-15(22(37)38)5-7-18(32)33)28-21(36)16(9-12-10-26-11-27-12)30-19(34)13(24)4-6-17(25)31/h10-11,13-16H,1-9,23-24H2,(H2,25,31)(H,26,27)(H,28,36)(H,29,35)(H,30,34)(H,32,33)(H,37,38). The summed E-state index contributed by atoms with van der Waals surface area (Å²) in [5, 5.41) is 25.5. The normalized spacial score (nSPS) is 13.9. The van der Waals surface area contributed by atoms with Gasteiger partial charge in [0.2, 0.25) is 23.6 Å². The molecule has 0 aromatic carbocycles. The number of amides is 4. The molecule has 16 heteroatoms. The quantitative estimate of drug-likeness (QED) is 0.0801.